The van der Waals surface area contributed by atoms with Crippen LogP contribution in [0.3, 0.4) is 0 Å². The summed E-state index contributed by atoms with van der Waals surface area (Å²) in [6.45, 7) is 0.190. The molecule has 98 valence electrons. The highest BCUT2D eigenvalue weighted by Crippen LogP contribution is 2.31. The molecule has 2 heterocycles. The highest BCUT2D eigenvalue weighted by molar-refractivity contribution is 5.93. The van der Waals surface area contributed by atoms with E-state index in [1.54, 1.807) is 30.1 Å². The average molecular weight is 259 g/mol. The molecule has 0 saturated heterocycles. The summed E-state index contributed by atoms with van der Waals surface area (Å²) >= 11 is 0. The van der Waals surface area contributed by atoms with Crippen LogP contribution in [0, 0.1) is 0 Å². The molecule has 1 amide bonds. The third-order valence-corrected chi connectivity index (χ3v) is 2.77. The van der Waals surface area contributed by atoms with Crippen LogP contribution in [0.5, 0.6) is 11.5 Å². The van der Waals surface area contributed by atoms with Crippen molar-refractivity contribution in [3.05, 3.63) is 36.5 Å². The van der Waals surface area contributed by atoms with Crippen molar-refractivity contribution in [2.75, 3.05) is 11.9 Å². The van der Waals surface area contributed by atoms with Crippen LogP contribution < -0.4 is 14.8 Å². The van der Waals surface area contributed by atoms with E-state index in [1.807, 2.05) is 18.2 Å². The Kier molecular flexibility index (Phi) is 2.83. The van der Waals surface area contributed by atoms with Crippen LogP contribution in [-0.4, -0.2) is 28.4 Å². The molecule has 0 aliphatic carbocycles. The Morgan fingerprint density at radius 2 is 2.16 bits per heavy atom. The number of aryl methyl sites for hydroxylation is 1. The quantitative estimate of drug-likeness (QED) is 0.880. The van der Waals surface area contributed by atoms with Crippen LogP contribution in [0.25, 0.3) is 0 Å². The van der Waals surface area contributed by atoms with Gasteiger partial charge in [0.25, 0.3) is 5.91 Å². The fourth-order valence-corrected chi connectivity index (χ4v) is 1.84. The largest absolute Gasteiger partial charge is 0.485 e. The first-order valence-electron chi connectivity index (χ1n) is 5.91. The molecule has 1 atom stereocenters. The maximum atomic E-state index is 12.0. The minimum absolute atomic E-state index is 0.190. The third kappa shape index (κ3) is 2.37. The minimum atomic E-state index is -0.670. The van der Waals surface area contributed by atoms with Gasteiger partial charge in [-0.2, -0.15) is 5.10 Å². The van der Waals surface area contributed by atoms with Gasteiger partial charge in [-0.15, -0.1) is 0 Å². The minimum Gasteiger partial charge on any atom is -0.485 e. The zero-order valence-electron chi connectivity index (χ0n) is 10.4. The molecule has 1 N–H and O–H groups in total. The molecule has 0 radical (unpaired) electrons. The van der Waals surface area contributed by atoms with Crippen molar-refractivity contribution >= 4 is 11.7 Å². The van der Waals surface area contributed by atoms with Crippen molar-refractivity contribution in [1.29, 1.82) is 0 Å². The Balaban J connectivity index is 1.69. The number of rotatable bonds is 2. The van der Waals surface area contributed by atoms with Crippen molar-refractivity contribution in [3.63, 3.8) is 0 Å². The smallest absolute Gasteiger partial charge is 0.270 e. The molecule has 1 aliphatic heterocycles. The second-order valence-corrected chi connectivity index (χ2v) is 4.23. The lowest BCUT2D eigenvalue weighted by molar-refractivity contribution is -0.125. The molecule has 0 saturated carbocycles. The molecule has 19 heavy (non-hydrogen) atoms. The molecular formula is C13H13N3O3. The summed E-state index contributed by atoms with van der Waals surface area (Å²) in [4.78, 5) is 12.0. The standard InChI is InChI=1S/C13H13N3O3/c1-16-7-6-12(15-16)14-13(17)11-8-18-9-4-2-3-5-10(9)19-11/h2-7,11H,8H2,1H3,(H,14,15,17)/t11-/m0/s1. The number of ether oxygens (including phenoxy) is 2. The van der Waals surface area contributed by atoms with Gasteiger partial charge in [-0.05, 0) is 12.1 Å². The number of benzene rings is 1. The second kappa shape index (κ2) is 4.64. The lowest BCUT2D eigenvalue weighted by atomic mass is 10.2. The zero-order valence-corrected chi connectivity index (χ0v) is 10.4. The van der Waals surface area contributed by atoms with Gasteiger partial charge in [0.15, 0.2) is 17.3 Å². The Morgan fingerprint density at radius 3 is 2.89 bits per heavy atom. The highest BCUT2D eigenvalue weighted by Gasteiger charge is 2.27. The molecule has 1 aliphatic rings. The molecule has 1 aromatic heterocycles. The number of fused-ring (bicyclic) bond motifs is 1. The summed E-state index contributed by atoms with van der Waals surface area (Å²) in [5, 5.41) is 6.77. The van der Waals surface area contributed by atoms with Gasteiger partial charge in [-0.1, -0.05) is 12.1 Å². The molecule has 2 aromatic rings. The predicted molar refractivity (Wildman–Crippen MR) is 68.2 cm³/mol. The van der Waals surface area contributed by atoms with Gasteiger partial charge >= 0.3 is 0 Å². The summed E-state index contributed by atoms with van der Waals surface area (Å²) in [6.07, 6.45) is 1.08. The Labute approximate surface area is 109 Å². The van der Waals surface area contributed by atoms with Crippen molar-refractivity contribution in [1.82, 2.24) is 9.78 Å². The molecule has 3 rings (SSSR count). The summed E-state index contributed by atoms with van der Waals surface area (Å²) < 4.78 is 12.7. The highest BCUT2D eigenvalue weighted by atomic mass is 16.6. The number of nitrogens with one attached hydrogen (secondary N) is 1. The maximum Gasteiger partial charge on any atom is 0.270 e. The number of carbonyl (C=O) groups is 1. The number of nitrogens with zero attached hydrogens (tertiary/aromatic N) is 2. The molecule has 6 nitrogen and oxygen atoms in total. The molecule has 1 aromatic carbocycles. The Bertz CT molecular complexity index is 609. The van der Waals surface area contributed by atoms with Crippen molar-refractivity contribution in [2.45, 2.75) is 6.10 Å². The molecule has 6 heteroatoms. The summed E-state index contributed by atoms with van der Waals surface area (Å²) in [5.41, 5.74) is 0. The number of hydrogen-bond donors (Lipinski definition) is 1. The van der Waals surface area contributed by atoms with E-state index in [1.165, 1.54) is 0 Å². The average Bonchev–Trinajstić information content (AvgIpc) is 2.83. The zero-order chi connectivity index (χ0) is 13.2. The van der Waals surface area contributed by atoms with Crippen molar-refractivity contribution in [3.8, 4) is 11.5 Å². The first-order chi connectivity index (χ1) is 9.22. The van der Waals surface area contributed by atoms with Gasteiger partial charge in [-0.3, -0.25) is 9.48 Å². The molecule has 0 unspecified atom stereocenters. The second-order valence-electron chi connectivity index (χ2n) is 4.23. The summed E-state index contributed by atoms with van der Waals surface area (Å²) in [6, 6.07) is 8.99. The summed E-state index contributed by atoms with van der Waals surface area (Å²) in [5.74, 6) is 1.46. The van der Waals surface area contributed by atoms with E-state index in [0.717, 1.165) is 0 Å². The first kappa shape index (κ1) is 11.6. The van der Waals surface area contributed by atoms with Crippen LogP contribution in [0.1, 0.15) is 0 Å². The topological polar surface area (TPSA) is 65.4 Å². The van der Waals surface area contributed by atoms with Crippen LogP contribution in [0.15, 0.2) is 36.5 Å². The van der Waals surface area contributed by atoms with Crippen LogP contribution in [0.2, 0.25) is 0 Å². The van der Waals surface area contributed by atoms with E-state index >= 15 is 0 Å². The summed E-state index contributed by atoms with van der Waals surface area (Å²) in [7, 11) is 1.78. The van der Waals surface area contributed by atoms with Gasteiger partial charge in [0.2, 0.25) is 6.10 Å². The van der Waals surface area contributed by atoms with Gasteiger partial charge in [0.05, 0.1) is 0 Å². The van der Waals surface area contributed by atoms with E-state index in [4.69, 9.17) is 9.47 Å². The number of anilines is 1. The van der Waals surface area contributed by atoms with Crippen LogP contribution in [-0.2, 0) is 11.8 Å². The number of hydrogen-bond acceptors (Lipinski definition) is 4. The number of amides is 1. The monoisotopic (exact) mass is 259 g/mol. The molecule has 0 fully saturated rings. The predicted octanol–water partition coefficient (Wildman–Crippen LogP) is 1.20. The van der Waals surface area contributed by atoms with E-state index in [9.17, 15) is 4.79 Å². The van der Waals surface area contributed by atoms with Crippen LogP contribution in [0.4, 0.5) is 5.82 Å². The first-order valence-corrected chi connectivity index (χ1v) is 5.91. The number of carbonyl (C=O) groups excluding carboxylic acids is 1. The van der Waals surface area contributed by atoms with E-state index < -0.39 is 6.10 Å². The molecular weight excluding hydrogens is 246 g/mol. The normalized spacial score (nSPS) is 17.0. The lowest BCUT2D eigenvalue weighted by Gasteiger charge is -2.25. The fourth-order valence-electron chi connectivity index (χ4n) is 1.84. The number of para-hydroxylation sites is 2. The third-order valence-electron chi connectivity index (χ3n) is 2.77. The van der Waals surface area contributed by atoms with E-state index in [0.29, 0.717) is 17.3 Å². The Hall–Kier alpha value is -2.50. The molecule has 0 bridgehead atoms. The van der Waals surface area contributed by atoms with E-state index in [2.05, 4.69) is 10.4 Å². The maximum absolute atomic E-state index is 12.0. The van der Waals surface area contributed by atoms with Gasteiger partial charge in [0.1, 0.15) is 6.61 Å². The van der Waals surface area contributed by atoms with Gasteiger partial charge < -0.3 is 14.8 Å². The van der Waals surface area contributed by atoms with Crippen LogP contribution >= 0.6 is 0 Å². The SMILES string of the molecule is Cn1ccc(NC(=O)[C@@H]2COc3ccccc3O2)n1. The number of aromatic nitrogens is 2. The Morgan fingerprint density at radius 1 is 1.37 bits per heavy atom. The van der Waals surface area contributed by atoms with Crippen molar-refractivity contribution < 1.29 is 14.3 Å². The fraction of sp³-hybridized carbons (Fsp3) is 0.231. The van der Waals surface area contributed by atoms with Gasteiger partial charge in [-0.25, -0.2) is 0 Å². The van der Waals surface area contributed by atoms with E-state index in [-0.39, 0.29) is 12.5 Å². The van der Waals surface area contributed by atoms with Gasteiger partial charge in [0, 0.05) is 19.3 Å². The lowest BCUT2D eigenvalue weighted by Crippen LogP contribution is -2.40. The molecule has 0 spiro atoms. The van der Waals surface area contributed by atoms with Crippen molar-refractivity contribution in [2.24, 2.45) is 7.05 Å².